The number of benzene rings is 2. The van der Waals surface area contributed by atoms with Crippen LogP contribution >= 0.6 is 11.6 Å². The maximum absolute atomic E-state index is 12.0. The second-order valence-electron chi connectivity index (χ2n) is 4.64. The van der Waals surface area contributed by atoms with Gasteiger partial charge >= 0.3 is 0 Å². The number of amides is 1. The van der Waals surface area contributed by atoms with Gasteiger partial charge in [0.05, 0.1) is 0 Å². The molecule has 1 amide bonds. The second kappa shape index (κ2) is 7.40. The van der Waals surface area contributed by atoms with Gasteiger partial charge < -0.3 is 9.87 Å². The molecule has 7 heteroatoms. The lowest BCUT2D eigenvalue weighted by atomic mass is 10.2. The Labute approximate surface area is 136 Å². The standard InChI is InChI=1S/C15H15ClN2O3S/c1-11-2-8-14(9-3-11)18(22(20)21)10-15(19)17-13-6-4-12(16)5-7-13/h2-9H,10H2,1H3,(H,17,19)(H,20,21)/p-1. The lowest BCUT2D eigenvalue weighted by Crippen LogP contribution is -2.34. The van der Waals surface area contributed by atoms with Crippen molar-refractivity contribution >= 4 is 40.1 Å². The molecule has 0 saturated carbocycles. The van der Waals surface area contributed by atoms with E-state index in [0.29, 0.717) is 16.4 Å². The van der Waals surface area contributed by atoms with Gasteiger partial charge in [-0.3, -0.25) is 13.3 Å². The van der Waals surface area contributed by atoms with E-state index in [0.717, 1.165) is 9.87 Å². The number of halogens is 1. The molecule has 22 heavy (non-hydrogen) atoms. The number of nitrogens with zero attached hydrogens (tertiary/aromatic N) is 1. The first-order valence-electron chi connectivity index (χ1n) is 6.45. The SMILES string of the molecule is Cc1ccc(N(CC(=O)Nc2ccc(Cl)cc2)S(=O)[O-])cc1. The molecule has 0 aliphatic rings. The molecular weight excluding hydrogens is 324 g/mol. The van der Waals surface area contributed by atoms with Crippen LogP contribution in [0.1, 0.15) is 5.56 Å². The molecule has 0 aliphatic carbocycles. The highest BCUT2D eigenvalue weighted by molar-refractivity contribution is 7.80. The zero-order valence-corrected chi connectivity index (χ0v) is 13.4. The van der Waals surface area contributed by atoms with Gasteiger partial charge in [-0.25, -0.2) is 0 Å². The van der Waals surface area contributed by atoms with Crippen LogP contribution in [0.25, 0.3) is 0 Å². The molecule has 1 unspecified atom stereocenters. The molecule has 0 radical (unpaired) electrons. The first-order valence-corrected chi connectivity index (χ1v) is 7.85. The maximum Gasteiger partial charge on any atom is 0.245 e. The molecule has 0 saturated heterocycles. The van der Waals surface area contributed by atoms with Crippen molar-refractivity contribution in [2.75, 3.05) is 16.2 Å². The maximum atomic E-state index is 12.0. The molecule has 0 aromatic heterocycles. The minimum atomic E-state index is -2.54. The van der Waals surface area contributed by atoms with E-state index >= 15 is 0 Å². The zero-order valence-electron chi connectivity index (χ0n) is 11.8. The van der Waals surface area contributed by atoms with Crippen molar-refractivity contribution < 1.29 is 13.6 Å². The summed E-state index contributed by atoms with van der Waals surface area (Å²) >= 11 is 3.22. The van der Waals surface area contributed by atoms with Crippen molar-refractivity contribution in [3.63, 3.8) is 0 Å². The van der Waals surface area contributed by atoms with E-state index in [-0.39, 0.29) is 6.54 Å². The fourth-order valence-electron chi connectivity index (χ4n) is 1.81. The number of hydrogen-bond acceptors (Lipinski definition) is 3. The van der Waals surface area contributed by atoms with Crippen LogP contribution in [0.4, 0.5) is 11.4 Å². The Morgan fingerprint density at radius 1 is 1.18 bits per heavy atom. The van der Waals surface area contributed by atoms with E-state index in [1.807, 2.05) is 6.92 Å². The molecule has 0 aliphatic heterocycles. The van der Waals surface area contributed by atoms with E-state index in [2.05, 4.69) is 5.32 Å². The van der Waals surface area contributed by atoms with Crippen LogP contribution < -0.4 is 9.62 Å². The highest BCUT2D eigenvalue weighted by Crippen LogP contribution is 2.17. The summed E-state index contributed by atoms with van der Waals surface area (Å²) < 4.78 is 23.7. The average molecular weight is 338 g/mol. The summed E-state index contributed by atoms with van der Waals surface area (Å²) in [5, 5.41) is 3.18. The fourth-order valence-corrected chi connectivity index (χ4v) is 2.45. The number of anilines is 2. The Bertz CT molecular complexity index is 674. The molecule has 5 nitrogen and oxygen atoms in total. The van der Waals surface area contributed by atoms with E-state index in [9.17, 15) is 13.6 Å². The van der Waals surface area contributed by atoms with Crippen molar-refractivity contribution in [1.29, 1.82) is 0 Å². The highest BCUT2D eigenvalue weighted by atomic mass is 35.5. The molecule has 1 atom stereocenters. The van der Waals surface area contributed by atoms with E-state index in [1.54, 1.807) is 48.5 Å². The quantitative estimate of drug-likeness (QED) is 0.853. The summed E-state index contributed by atoms with van der Waals surface area (Å²) in [6.07, 6.45) is 0. The van der Waals surface area contributed by atoms with Gasteiger partial charge in [-0.15, -0.1) is 0 Å². The van der Waals surface area contributed by atoms with Crippen molar-refractivity contribution in [2.24, 2.45) is 0 Å². The molecule has 0 spiro atoms. The Morgan fingerprint density at radius 2 is 1.77 bits per heavy atom. The van der Waals surface area contributed by atoms with Gasteiger partial charge in [0, 0.05) is 27.7 Å². The first-order chi connectivity index (χ1) is 10.5. The third-order valence-electron chi connectivity index (χ3n) is 2.92. The smallest absolute Gasteiger partial charge is 0.245 e. The number of carbonyl (C=O) groups excluding carboxylic acids is 1. The number of carbonyl (C=O) groups is 1. The summed E-state index contributed by atoms with van der Waals surface area (Å²) in [5.41, 5.74) is 1.99. The topological polar surface area (TPSA) is 72.5 Å². The zero-order chi connectivity index (χ0) is 16.1. The Balaban J connectivity index is 2.07. The minimum absolute atomic E-state index is 0.304. The fraction of sp³-hybridized carbons (Fsp3) is 0.133. The van der Waals surface area contributed by atoms with Crippen LogP contribution in [0.3, 0.4) is 0 Å². The normalized spacial score (nSPS) is 11.8. The predicted octanol–water partition coefficient (Wildman–Crippen LogP) is 2.89. The average Bonchev–Trinajstić information content (AvgIpc) is 2.48. The van der Waals surface area contributed by atoms with Crippen LogP contribution in [-0.4, -0.2) is 21.2 Å². The van der Waals surface area contributed by atoms with Crippen LogP contribution in [0, 0.1) is 6.92 Å². The van der Waals surface area contributed by atoms with E-state index in [4.69, 9.17) is 11.6 Å². The molecule has 0 fully saturated rings. The molecule has 116 valence electrons. The van der Waals surface area contributed by atoms with Crippen molar-refractivity contribution in [1.82, 2.24) is 0 Å². The molecule has 2 aromatic carbocycles. The molecule has 0 heterocycles. The van der Waals surface area contributed by atoms with Crippen LogP contribution in [0.2, 0.25) is 5.02 Å². The summed E-state index contributed by atoms with van der Waals surface area (Å²) in [6, 6.07) is 13.4. The van der Waals surface area contributed by atoms with Crippen molar-refractivity contribution in [3.05, 3.63) is 59.1 Å². The third-order valence-corrected chi connectivity index (χ3v) is 3.87. The number of nitrogens with one attached hydrogen (secondary N) is 1. The second-order valence-corrected chi connectivity index (χ2v) is 5.96. The van der Waals surface area contributed by atoms with E-state index in [1.165, 1.54) is 0 Å². The summed E-state index contributed by atoms with van der Waals surface area (Å²) in [7, 11) is 0. The lowest BCUT2D eigenvalue weighted by Gasteiger charge is -2.25. The monoisotopic (exact) mass is 337 g/mol. The summed E-state index contributed by atoms with van der Waals surface area (Å²) in [4.78, 5) is 12.0. The Hall–Kier alpha value is -1.89. The van der Waals surface area contributed by atoms with Gasteiger partial charge in [-0.05, 0) is 43.3 Å². The van der Waals surface area contributed by atoms with Crippen LogP contribution in [0.15, 0.2) is 48.5 Å². The van der Waals surface area contributed by atoms with Crippen LogP contribution in [-0.2, 0) is 16.1 Å². The number of rotatable bonds is 5. The third kappa shape index (κ3) is 4.56. The summed E-state index contributed by atoms with van der Waals surface area (Å²) in [5.74, 6) is -0.438. The minimum Gasteiger partial charge on any atom is -0.755 e. The van der Waals surface area contributed by atoms with Gasteiger partial charge in [-0.2, -0.15) is 0 Å². The first kappa shape index (κ1) is 16.5. The van der Waals surface area contributed by atoms with Gasteiger partial charge in [0.15, 0.2) is 0 Å². The summed E-state index contributed by atoms with van der Waals surface area (Å²) in [6.45, 7) is 1.59. The molecule has 2 rings (SSSR count). The molecule has 0 bridgehead atoms. The van der Waals surface area contributed by atoms with Crippen LogP contribution in [0.5, 0.6) is 0 Å². The largest absolute Gasteiger partial charge is 0.755 e. The molecule has 1 N–H and O–H groups in total. The van der Waals surface area contributed by atoms with E-state index < -0.39 is 17.2 Å². The lowest BCUT2D eigenvalue weighted by molar-refractivity contribution is -0.114. The molecular formula is C15H14ClN2O3S-. The van der Waals surface area contributed by atoms with Crippen molar-refractivity contribution in [2.45, 2.75) is 6.92 Å². The van der Waals surface area contributed by atoms with Gasteiger partial charge in [0.2, 0.25) is 5.91 Å². The van der Waals surface area contributed by atoms with Gasteiger partial charge in [-0.1, -0.05) is 29.3 Å². The number of aryl methyl sites for hydroxylation is 1. The van der Waals surface area contributed by atoms with Gasteiger partial charge in [0.1, 0.15) is 6.54 Å². The van der Waals surface area contributed by atoms with Crippen molar-refractivity contribution in [3.8, 4) is 0 Å². The number of hydrogen-bond donors (Lipinski definition) is 1. The Morgan fingerprint density at radius 3 is 2.32 bits per heavy atom. The highest BCUT2D eigenvalue weighted by Gasteiger charge is 2.12. The predicted molar refractivity (Wildman–Crippen MR) is 87.5 cm³/mol. The Kier molecular flexibility index (Phi) is 5.54. The molecule has 2 aromatic rings. The van der Waals surface area contributed by atoms with Gasteiger partial charge in [0.25, 0.3) is 0 Å².